The van der Waals surface area contributed by atoms with Gasteiger partial charge in [-0.2, -0.15) is 5.10 Å². The van der Waals surface area contributed by atoms with Crippen LogP contribution in [0.1, 0.15) is 12.8 Å². The molecule has 1 fully saturated rings. The van der Waals surface area contributed by atoms with Crippen LogP contribution >= 0.6 is 0 Å². The van der Waals surface area contributed by atoms with E-state index in [0.29, 0.717) is 6.04 Å². The Kier molecular flexibility index (Phi) is 2.72. The van der Waals surface area contributed by atoms with Crippen LogP contribution in [0.2, 0.25) is 0 Å². The lowest BCUT2D eigenvalue weighted by Crippen LogP contribution is -2.30. The molecule has 1 unspecified atom stereocenters. The Balaban J connectivity index is 1.82. The molecule has 2 heterocycles. The molecule has 0 radical (unpaired) electrons. The number of hydrogen-bond donors (Lipinski definition) is 0. The predicted octanol–water partition coefficient (Wildman–Crippen LogP) is 0.893. The van der Waals surface area contributed by atoms with Crippen LogP contribution in [-0.4, -0.2) is 40.9 Å². The van der Waals surface area contributed by atoms with E-state index in [1.807, 2.05) is 13.2 Å². The molecule has 14 heavy (non-hydrogen) atoms. The first kappa shape index (κ1) is 9.52. The van der Waals surface area contributed by atoms with E-state index < -0.39 is 0 Å². The fourth-order valence-corrected chi connectivity index (χ4v) is 1.86. The zero-order chi connectivity index (χ0) is 9.97. The van der Waals surface area contributed by atoms with Gasteiger partial charge in [-0.15, -0.1) is 0 Å². The minimum absolute atomic E-state index is 0.579. The Morgan fingerprint density at radius 1 is 1.57 bits per heavy atom. The number of aryl methyl sites for hydroxylation is 1. The van der Waals surface area contributed by atoms with Gasteiger partial charge in [0, 0.05) is 13.1 Å². The summed E-state index contributed by atoms with van der Waals surface area (Å²) in [5.41, 5.74) is 0. The van der Waals surface area contributed by atoms with E-state index in [4.69, 9.17) is 4.74 Å². The van der Waals surface area contributed by atoms with Gasteiger partial charge < -0.3 is 9.64 Å². The lowest BCUT2D eigenvalue weighted by atomic mass is 10.2. The molecule has 0 bridgehead atoms. The number of nitrogens with zero attached hydrogens (tertiary/aromatic N) is 3. The van der Waals surface area contributed by atoms with Gasteiger partial charge >= 0.3 is 0 Å². The monoisotopic (exact) mass is 195 g/mol. The summed E-state index contributed by atoms with van der Waals surface area (Å²) in [6.07, 6.45) is 6.19. The lowest BCUT2D eigenvalue weighted by Gasteiger charge is -2.18. The molecule has 1 aromatic heterocycles. The SMILES string of the molecule is CN1CCCC1COc1cnn(C)c1. The van der Waals surface area contributed by atoms with Crippen LogP contribution < -0.4 is 4.74 Å². The Morgan fingerprint density at radius 3 is 3.00 bits per heavy atom. The van der Waals surface area contributed by atoms with Crippen molar-refractivity contribution in [2.45, 2.75) is 18.9 Å². The summed E-state index contributed by atoms with van der Waals surface area (Å²) in [6.45, 7) is 1.98. The van der Waals surface area contributed by atoms with Crippen LogP contribution in [0.25, 0.3) is 0 Å². The average molecular weight is 195 g/mol. The Bertz CT molecular complexity index is 297. The van der Waals surface area contributed by atoms with Gasteiger partial charge in [-0.05, 0) is 26.4 Å². The van der Waals surface area contributed by atoms with E-state index in [9.17, 15) is 0 Å². The maximum atomic E-state index is 5.66. The molecule has 4 nitrogen and oxygen atoms in total. The first-order valence-corrected chi connectivity index (χ1v) is 5.07. The highest BCUT2D eigenvalue weighted by molar-refractivity contribution is 5.11. The average Bonchev–Trinajstić information content (AvgIpc) is 2.72. The summed E-state index contributed by atoms with van der Waals surface area (Å²) >= 11 is 0. The maximum absolute atomic E-state index is 5.66. The first-order chi connectivity index (χ1) is 6.75. The van der Waals surface area contributed by atoms with Gasteiger partial charge in [0.25, 0.3) is 0 Å². The lowest BCUT2D eigenvalue weighted by molar-refractivity contribution is 0.198. The van der Waals surface area contributed by atoms with Crippen molar-refractivity contribution in [2.75, 3.05) is 20.2 Å². The zero-order valence-corrected chi connectivity index (χ0v) is 8.81. The van der Waals surface area contributed by atoms with Crippen molar-refractivity contribution in [1.82, 2.24) is 14.7 Å². The van der Waals surface area contributed by atoms with Gasteiger partial charge in [-0.3, -0.25) is 4.68 Å². The largest absolute Gasteiger partial charge is 0.489 e. The number of likely N-dealkylation sites (N-methyl/N-ethyl adjacent to an activating group) is 1. The molecule has 0 saturated carbocycles. The van der Waals surface area contributed by atoms with Crippen molar-refractivity contribution in [2.24, 2.45) is 7.05 Å². The minimum atomic E-state index is 0.579. The molecule has 2 rings (SSSR count). The number of rotatable bonds is 3. The molecule has 1 aliphatic heterocycles. The fraction of sp³-hybridized carbons (Fsp3) is 0.700. The Morgan fingerprint density at radius 2 is 2.43 bits per heavy atom. The van der Waals surface area contributed by atoms with Crippen LogP contribution in [0.15, 0.2) is 12.4 Å². The highest BCUT2D eigenvalue weighted by Gasteiger charge is 2.21. The number of hydrogen-bond acceptors (Lipinski definition) is 3. The molecule has 78 valence electrons. The third kappa shape index (κ3) is 2.07. The number of aromatic nitrogens is 2. The van der Waals surface area contributed by atoms with E-state index in [-0.39, 0.29) is 0 Å². The number of ether oxygens (including phenoxy) is 1. The minimum Gasteiger partial charge on any atom is -0.489 e. The fourth-order valence-electron chi connectivity index (χ4n) is 1.86. The van der Waals surface area contributed by atoms with Gasteiger partial charge in [-0.25, -0.2) is 0 Å². The zero-order valence-electron chi connectivity index (χ0n) is 8.81. The summed E-state index contributed by atoms with van der Waals surface area (Å²) in [5.74, 6) is 0.868. The van der Waals surface area contributed by atoms with Crippen LogP contribution in [0.5, 0.6) is 5.75 Å². The van der Waals surface area contributed by atoms with Crippen molar-refractivity contribution in [1.29, 1.82) is 0 Å². The van der Waals surface area contributed by atoms with Crippen LogP contribution in [-0.2, 0) is 7.05 Å². The molecule has 0 N–H and O–H groups in total. The third-order valence-corrected chi connectivity index (χ3v) is 2.80. The highest BCUT2D eigenvalue weighted by atomic mass is 16.5. The van der Waals surface area contributed by atoms with Gasteiger partial charge in [0.15, 0.2) is 5.75 Å². The molecular formula is C10H17N3O. The summed E-state index contributed by atoms with van der Waals surface area (Å²) in [7, 11) is 4.05. The van der Waals surface area contributed by atoms with Crippen LogP contribution in [0.4, 0.5) is 0 Å². The van der Waals surface area contributed by atoms with Gasteiger partial charge in [0.05, 0.1) is 12.4 Å². The second kappa shape index (κ2) is 4.00. The smallest absolute Gasteiger partial charge is 0.157 e. The van der Waals surface area contributed by atoms with Crippen molar-refractivity contribution in [3.8, 4) is 5.75 Å². The van der Waals surface area contributed by atoms with Crippen LogP contribution in [0, 0.1) is 0 Å². The second-order valence-electron chi connectivity index (χ2n) is 3.94. The molecule has 0 aliphatic carbocycles. The Hall–Kier alpha value is -1.03. The van der Waals surface area contributed by atoms with Gasteiger partial charge in [-0.1, -0.05) is 0 Å². The predicted molar refractivity (Wildman–Crippen MR) is 54.4 cm³/mol. The van der Waals surface area contributed by atoms with Gasteiger partial charge in [0.2, 0.25) is 0 Å². The Labute approximate surface area is 84.5 Å². The first-order valence-electron chi connectivity index (χ1n) is 5.07. The van der Waals surface area contributed by atoms with E-state index in [0.717, 1.165) is 12.4 Å². The third-order valence-electron chi connectivity index (χ3n) is 2.80. The quantitative estimate of drug-likeness (QED) is 0.717. The molecule has 4 heteroatoms. The summed E-state index contributed by atoms with van der Waals surface area (Å²) in [4.78, 5) is 2.36. The molecule has 1 saturated heterocycles. The second-order valence-corrected chi connectivity index (χ2v) is 3.94. The maximum Gasteiger partial charge on any atom is 0.157 e. The summed E-state index contributed by atoms with van der Waals surface area (Å²) in [5, 5.41) is 4.06. The highest BCUT2D eigenvalue weighted by Crippen LogP contribution is 2.16. The molecule has 1 atom stereocenters. The molecule has 0 spiro atoms. The van der Waals surface area contributed by atoms with Crippen molar-refractivity contribution in [3.05, 3.63) is 12.4 Å². The molecule has 1 aliphatic rings. The standard InChI is InChI=1S/C10H17N3O/c1-12-5-3-4-9(12)8-14-10-6-11-13(2)7-10/h6-7,9H,3-5,8H2,1-2H3. The van der Waals surface area contributed by atoms with E-state index in [2.05, 4.69) is 17.0 Å². The normalized spacial score (nSPS) is 22.9. The van der Waals surface area contributed by atoms with E-state index >= 15 is 0 Å². The van der Waals surface area contributed by atoms with Crippen LogP contribution in [0.3, 0.4) is 0 Å². The van der Waals surface area contributed by atoms with Crippen molar-refractivity contribution in [3.63, 3.8) is 0 Å². The molecule has 0 amide bonds. The van der Waals surface area contributed by atoms with E-state index in [1.165, 1.54) is 19.4 Å². The molecule has 1 aromatic rings. The summed E-state index contributed by atoms with van der Waals surface area (Å²) < 4.78 is 7.41. The molecular weight excluding hydrogens is 178 g/mol. The topological polar surface area (TPSA) is 30.3 Å². The van der Waals surface area contributed by atoms with Crippen molar-refractivity contribution >= 4 is 0 Å². The summed E-state index contributed by atoms with van der Waals surface area (Å²) in [6, 6.07) is 0.579. The number of likely N-dealkylation sites (tertiary alicyclic amines) is 1. The van der Waals surface area contributed by atoms with Crippen molar-refractivity contribution < 1.29 is 4.74 Å². The van der Waals surface area contributed by atoms with Gasteiger partial charge in [0.1, 0.15) is 6.61 Å². The molecule has 0 aromatic carbocycles. The van der Waals surface area contributed by atoms with E-state index in [1.54, 1.807) is 10.9 Å².